The highest BCUT2D eigenvalue weighted by Gasteiger charge is 2.28. The average Bonchev–Trinajstić information content (AvgIpc) is 2.43. The van der Waals surface area contributed by atoms with Crippen molar-refractivity contribution < 1.29 is 23.1 Å². The standard InChI is InChI=1S/C16H25NO5S/c1-5-22-13-6-8-14(9-7-13)23(20,21)17-11-12(10-15(18)19)16(2,3)4/h6-9,12,17H,5,10-11H2,1-4H3,(H,18,19). The highest BCUT2D eigenvalue weighted by molar-refractivity contribution is 7.89. The molecule has 0 saturated carbocycles. The predicted octanol–water partition coefficient (Wildman–Crippen LogP) is 2.50. The molecule has 0 saturated heterocycles. The van der Waals surface area contributed by atoms with Crippen molar-refractivity contribution in [2.24, 2.45) is 11.3 Å². The Balaban J connectivity index is 2.82. The first-order valence-corrected chi connectivity index (χ1v) is 8.99. The summed E-state index contributed by atoms with van der Waals surface area (Å²) in [6.45, 7) is 8.11. The number of hydrogen-bond acceptors (Lipinski definition) is 4. The monoisotopic (exact) mass is 343 g/mol. The normalized spacial score (nSPS) is 13.6. The Morgan fingerprint density at radius 3 is 2.26 bits per heavy atom. The Hall–Kier alpha value is -1.60. The number of benzene rings is 1. The fraction of sp³-hybridized carbons (Fsp3) is 0.562. The van der Waals surface area contributed by atoms with Gasteiger partial charge in [-0.05, 0) is 42.5 Å². The van der Waals surface area contributed by atoms with Gasteiger partial charge >= 0.3 is 5.97 Å². The lowest BCUT2D eigenvalue weighted by Crippen LogP contribution is -2.36. The number of carboxylic acid groups (broad SMARTS) is 1. The van der Waals surface area contributed by atoms with Crippen LogP contribution in [0.5, 0.6) is 5.75 Å². The molecule has 0 heterocycles. The van der Waals surface area contributed by atoms with Gasteiger partial charge in [-0.25, -0.2) is 13.1 Å². The average molecular weight is 343 g/mol. The molecule has 0 spiro atoms. The molecule has 6 nitrogen and oxygen atoms in total. The second-order valence-corrected chi connectivity index (χ2v) is 8.18. The molecular formula is C16H25NO5S. The van der Waals surface area contributed by atoms with Crippen LogP contribution in [0.3, 0.4) is 0 Å². The van der Waals surface area contributed by atoms with Gasteiger partial charge in [0.25, 0.3) is 0 Å². The van der Waals surface area contributed by atoms with E-state index in [-0.39, 0.29) is 29.2 Å². The van der Waals surface area contributed by atoms with Crippen molar-refractivity contribution in [1.82, 2.24) is 4.72 Å². The van der Waals surface area contributed by atoms with Crippen LogP contribution in [0.2, 0.25) is 0 Å². The molecule has 130 valence electrons. The zero-order valence-electron chi connectivity index (χ0n) is 14.0. The lowest BCUT2D eigenvalue weighted by Gasteiger charge is -2.29. The molecule has 1 aromatic rings. The Kier molecular flexibility index (Phi) is 6.58. The number of rotatable bonds is 8. The molecule has 0 aliphatic rings. The molecule has 1 unspecified atom stereocenters. The fourth-order valence-electron chi connectivity index (χ4n) is 2.07. The Morgan fingerprint density at radius 2 is 1.83 bits per heavy atom. The summed E-state index contributed by atoms with van der Waals surface area (Å²) in [6.07, 6.45) is -0.0880. The third-order valence-electron chi connectivity index (χ3n) is 3.61. The van der Waals surface area contributed by atoms with Gasteiger partial charge in [0.2, 0.25) is 10.0 Å². The first kappa shape index (κ1) is 19.4. The van der Waals surface area contributed by atoms with E-state index >= 15 is 0 Å². The maximum absolute atomic E-state index is 12.3. The van der Waals surface area contributed by atoms with Gasteiger partial charge in [0.1, 0.15) is 5.75 Å². The Bertz CT molecular complexity index is 617. The molecule has 0 amide bonds. The summed E-state index contributed by atoms with van der Waals surface area (Å²) >= 11 is 0. The lowest BCUT2D eigenvalue weighted by molar-refractivity contribution is -0.139. The van der Waals surface area contributed by atoms with Gasteiger partial charge < -0.3 is 9.84 Å². The number of aliphatic carboxylic acids is 1. The maximum atomic E-state index is 12.3. The summed E-state index contributed by atoms with van der Waals surface area (Å²) in [7, 11) is -3.68. The summed E-state index contributed by atoms with van der Waals surface area (Å²) in [5.41, 5.74) is -0.320. The molecule has 0 fully saturated rings. The third-order valence-corrected chi connectivity index (χ3v) is 5.05. The third kappa shape index (κ3) is 6.19. The van der Waals surface area contributed by atoms with E-state index in [2.05, 4.69) is 4.72 Å². The van der Waals surface area contributed by atoms with Gasteiger partial charge in [-0.2, -0.15) is 0 Å². The molecule has 0 bridgehead atoms. The number of hydrogen-bond donors (Lipinski definition) is 2. The largest absolute Gasteiger partial charge is 0.494 e. The molecule has 23 heavy (non-hydrogen) atoms. The summed E-state index contributed by atoms with van der Waals surface area (Å²) < 4.78 is 32.4. The Morgan fingerprint density at radius 1 is 1.26 bits per heavy atom. The van der Waals surface area contributed by atoms with E-state index in [0.29, 0.717) is 12.4 Å². The van der Waals surface area contributed by atoms with E-state index in [1.807, 2.05) is 27.7 Å². The lowest BCUT2D eigenvalue weighted by atomic mass is 9.79. The van der Waals surface area contributed by atoms with Crippen LogP contribution in [0.1, 0.15) is 34.1 Å². The van der Waals surface area contributed by atoms with Crippen LogP contribution in [-0.2, 0) is 14.8 Å². The Labute approximate surface area is 137 Å². The first-order chi connectivity index (χ1) is 10.6. The maximum Gasteiger partial charge on any atom is 0.303 e. The molecule has 0 radical (unpaired) electrons. The van der Waals surface area contributed by atoms with E-state index in [9.17, 15) is 13.2 Å². The van der Waals surface area contributed by atoms with Crippen molar-refractivity contribution >= 4 is 16.0 Å². The number of carbonyl (C=O) groups is 1. The highest BCUT2D eigenvalue weighted by atomic mass is 32.2. The van der Waals surface area contributed by atoms with Crippen molar-refractivity contribution in [3.05, 3.63) is 24.3 Å². The van der Waals surface area contributed by atoms with Gasteiger partial charge in [-0.3, -0.25) is 4.79 Å². The SMILES string of the molecule is CCOc1ccc(S(=O)(=O)NCC(CC(=O)O)C(C)(C)C)cc1. The van der Waals surface area contributed by atoms with E-state index in [0.717, 1.165) is 0 Å². The van der Waals surface area contributed by atoms with Crippen LogP contribution < -0.4 is 9.46 Å². The van der Waals surface area contributed by atoms with Crippen LogP contribution >= 0.6 is 0 Å². The fourth-order valence-corrected chi connectivity index (χ4v) is 3.15. The van der Waals surface area contributed by atoms with Gasteiger partial charge in [-0.1, -0.05) is 20.8 Å². The van der Waals surface area contributed by atoms with Crippen LogP contribution in [0.25, 0.3) is 0 Å². The minimum Gasteiger partial charge on any atom is -0.494 e. The minimum absolute atomic E-state index is 0.0747. The summed E-state index contributed by atoms with van der Waals surface area (Å²) in [6, 6.07) is 6.13. The van der Waals surface area contributed by atoms with E-state index < -0.39 is 16.0 Å². The predicted molar refractivity (Wildman–Crippen MR) is 88.0 cm³/mol. The number of ether oxygens (including phenoxy) is 1. The summed E-state index contributed by atoms with van der Waals surface area (Å²) in [4.78, 5) is 11.1. The van der Waals surface area contributed by atoms with Gasteiger partial charge in [-0.15, -0.1) is 0 Å². The minimum atomic E-state index is -3.68. The molecule has 2 N–H and O–H groups in total. The first-order valence-electron chi connectivity index (χ1n) is 7.50. The van der Waals surface area contributed by atoms with Gasteiger partial charge in [0.05, 0.1) is 11.5 Å². The number of nitrogens with one attached hydrogen (secondary N) is 1. The molecule has 1 aromatic carbocycles. The zero-order valence-corrected chi connectivity index (χ0v) is 14.8. The molecular weight excluding hydrogens is 318 g/mol. The number of carboxylic acids is 1. The second kappa shape index (κ2) is 7.79. The van der Waals surface area contributed by atoms with Crippen LogP contribution in [0.4, 0.5) is 0 Å². The zero-order chi connectivity index (χ0) is 17.7. The highest BCUT2D eigenvalue weighted by Crippen LogP contribution is 2.28. The molecule has 1 rings (SSSR count). The van der Waals surface area contributed by atoms with Gasteiger partial charge in [0.15, 0.2) is 0 Å². The van der Waals surface area contributed by atoms with E-state index in [4.69, 9.17) is 9.84 Å². The van der Waals surface area contributed by atoms with Gasteiger partial charge in [0, 0.05) is 13.0 Å². The molecule has 0 aliphatic heterocycles. The molecule has 0 aromatic heterocycles. The van der Waals surface area contributed by atoms with E-state index in [1.54, 1.807) is 12.1 Å². The van der Waals surface area contributed by atoms with Crippen molar-refractivity contribution in [3.63, 3.8) is 0 Å². The summed E-state index contributed by atoms with van der Waals surface area (Å²) in [5.74, 6) is -0.646. The molecule has 0 aliphatic carbocycles. The van der Waals surface area contributed by atoms with Crippen LogP contribution in [0, 0.1) is 11.3 Å². The van der Waals surface area contributed by atoms with Crippen LogP contribution in [-0.4, -0.2) is 32.6 Å². The smallest absolute Gasteiger partial charge is 0.303 e. The number of sulfonamides is 1. The quantitative estimate of drug-likeness (QED) is 0.756. The van der Waals surface area contributed by atoms with Crippen molar-refractivity contribution in [2.75, 3.05) is 13.2 Å². The second-order valence-electron chi connectivity index (χ2n) is 6.42. The van der Waals surface area contributed by atoms with Crippen molar-refractivity contribution in [1.29, 1.82) is 0 Å². The summed E-state index contributed by atoms with van der Waals surface area (Å²) in [5, 5.41) is 8.98. The topological polar surface area (TPSA) is 92.7 Å². The van der Waals surface area contributed by atoms with E-state index in [1.165, 1.54) is 12.1 Å². The molecule has 1 atom stereocenters. The molecule has 7 heteroatoms. The van der Waals surface area contributed by atoms with Crippen molar-refractivity contribution in [3.8, 4) is 5.75 Å². The van der Waals surface area contributed by atoms with Crippen LogP contribution in [0.15, 0.2) is 29.2 Å². The van der Waals surface area contributed by atoms with Crippen molar-refractivity contribution in [2.45, 2.75) is 39.0 Å².